The van der Waals surface area contributed by atoms with Gasteiger partial charge in [0.15, 0.2) is 0 Å². The fourth-order valence-electron chi connectivity index (χ4n) is 3.25. The van der Waals surface area contributed by atoms with Gasteiger partial charge >= 0.3 is 0 Å². The number of carbonyl (C=O) groups is 1. The van der Waals surface area contributed by atoms with Crippen LogP contribution in [0.4, 0.5) is 0 Å². The van der Waals surface area contributed by atoms with E-state index in [2.05, 4.69) is 4.98 Å². The van der Waals surface area contributed by atoms with E-state index < -0.39 is 10.0 Å². The minimum Gasteiger partial charge on any atom is -0.341 e. The molecule has 0 spiro atoms. The lowest BCUT2D eigenvalue weighted by Crippen LogP contribution is -2.37. The van der Waals surface area contributed by atoms with Crippen molar-refractivity contribution in [3.63, 3.8) is 0 Å². The van der Waals surface area contributed by atoms with Gasteiger partial charge in [0, 0.05) is 45.0 Å². The van der Waals surface area contributed by atoms with Gasteiger partial charge in [-0.05, 0) is 37.1 Å². The summed E-state index contributed by atoms with van der Waals surface area (Å²) >= 11 is 0. The molecular weight excluding hydrogens is 362 g/mol. The van der Waals surface area contributed by atoms with Gasteiger partial charge in [0.05, 0.1) is 10.5 Å². The molecule has 0 saturated carbocycles. The molecule has 1 aliphatic rings. The van der Waals surface area contributed by atoms with Crippen molar-refractivity contribution >= 4 is 15.9 Å². The predicted molar refractivity (Wildman–Crippen MR) is 104 cm³/mol. The first-order valence-electron chi connectivity index (χ1n) is 9.25. The fraction of sp³-hybridized carbons (Fsp3) is 0.400. The highest BCUT2D eigenvalue weighted by atomic mass is 32.2. The van der Waals surface area contributed by atoms with Gasteiger partial charge in [-0.1, -0.05) is 24.6 Å². The number of carbonyl (C=O) groups excluding carboxylic acids is 1. The molecule has 7 heteroatoms. The molecule has 0 N–H and O–H groups in total. The van der Waals surface area contributed by atoms with E-state index in [1.54, 1.807) is 36.3 Å². The third kappa shape index (κ3) is 4.54. The second kappa shape index (κ2) is 8.63. The van der Waals surface area contributed by atoms with E-state index >= 15 is 0 Å². The lowest BCUT2D eigenvalue weighted by molar-refractivity contribution is 0.0792. The Balaban J connectivity index is 1.79. The van der Waals surface area contributed by atoms with Crippen LogP contribution in [0.25, 0.3) is 0 Å². The molecule has 1 aliphatic heterocycles. The summed E-state index contributed by atoms with van der Waals surface area (Å²) in [6.45, 7) is 1.49. The maximum atomic E-state index is 13.1. The molecule has 144 valence electrons. The smallest absolute Gasteiger partial charge is 0.254 e. The van der Waals surface area contributed by atoms with Crippen LogP contribution in [-0.2, 0) is 16.4 Å². The molecule has 2 heterocycles. The number of nitrogens with zero attached hydrogens (tertiary/aromatic N) is 3. The SMILES string of the molecule is CN(CCc1ccccn1)C(=O)c1ccccc1S(=O)(=O)N1CCCCC1. The maximum absolute atomic E-state index is 13.1. The van der Waals surface area contributed by atoms with Crippen molar-refractivity contribution in [3.05, 3.63) is 59.9 Å². The summed E-state index contributed by atoms with van der Waals surface area (Å²) in [6, 6.07) is 12.2. The van der Waals surface area contributed by atoms with Crippen LogP contribution in [-0.4, -0.2) is 55.2 Å². The van der Waals surface area contributed by atoms with Crippen molar-refractivity contribution in [2.45, 2.75) is 30.6 Å². The van der Waals surface area contributed by atoms with Crippen LogP contribution in [0.5, 0.6) is 0 Å². The number of benzene rings is 1. The Morgan fingerprint density at radius 2 is 1.78 bits per heavy atom. The minimum atomic E-state index is -3.66. The van der Waals surface area contributed by atoms with Gasteiger partial charge in [-0.25, -0.2) is 8.42 Å². The number of aromatic nitrogens is 1. The van der Waals surface area contributed by atoms with E-state index in [-0.39, 0.29) is 16.4 Å². The highest BCUT2D eigenvalue weighted by Crippen LogP contribution is 2.24. The normalized spacial score (nSPS) is 15.4. The van der Waals surface area contributed by atoms with Crippen molar-refractivity contribution in [2.75, 3.05) is 26.7 Å². The van der Waals surface area contributed by atoms with Gasteiger partial charge in [-0.2, -0.15) is 4.31 Å². The van der Waals surface area contributed by atoms with Gasteiger partial charge in [0.1, 0.15) is 0 Å². The third-order valence-corrected chi connectivity index (χ3v) is 6.78. The van der Waals surface area contributed by atoms with Crippen molar-refractivity contribution in [1.29, 1.82) is 0 Å². The Morgan fingerprint density at radius 3 is 2.48 bits per heavy atom. The molecule has 0 unspecified atom stereocenters. The number of sulfonamides is 1. The molecule has 0 aliphatic carbocycles. The third-order valence-electron chi connectivity index (χ3n) is 4.83. The predicted octanol–water partition coefficient (Wildman–Crippen LogP) is 2.57. The first-order valence-corrected chi connectivity index (χ1v) is 10.7. The number of rotatable bonds is 6. The molecule has 1 aromatic heterocycles. The van der Waals surface area contributed by atoms with E-state index in [1.807, 2.05) is 18.2 Å². The average Bonchev–Trinajstić information content (AvgIpc) is 2.73. The number of pyridine rings is 1. The van der Waals surface area contributed by atoms with Crippen molar-refractivity contribution in [1.82, 2.24) is 14.2 Å². The van der Waals surface area contributed by atoms with E-state index in [0.29, 0.717) is 26.1 Å². The summed E-state index contributed by atoms with van der Waals surface area (Å²) in [5.41, 5.74) is 1.12. The largest absolute Gasteiger partial charge is 0.341 e. The second-order valence-corrected chi connectivity index (χ2v) is 8.67. The molecule has 0 bridgehead atoms. The number of hydrogen-bond donors (Lipinski definition) is 0. The number of amides is 1. The van der Waals surface area contributed by atoms with Gasteiger partial charge in [0.2, 0.25) is 10.0 Å². The van der Waals surface area contributed by atoms with Gasteiger partial charge in [-0.15, -0.1) is 0 Å². The quantitative estimate of drug-likeness (QED) is 0.764. The van der Waals surface area contributed by atoms with Gasteiger partial charge in [0.25, 0.3) is 5.91 Å². The zero-order valence-electron chi connectivity index (χ0n) is 15.5. The molecule has 2 aromatic rings. The molecule has 1 saturated heterocycles. The van der Waals surface area contributed by atoms with Crippen LogP contribution in [0.15, 0.2) is 53.6 Å². The summed E-state index contributed by atoms with van der Waals surface area (Å²) in [5, 5.41) is 0. The van der Waals surface area contributed by atoms with E-state index in [0.717, 1.165) is 25.0 Å². The molecule has 27 heavy (non-hydrogen) atoms. The molecule has 1 aromatic carbocycles. The summed E-state index contributed by atoms with van der Waals surface area (Å²) in [4.78, 5) is 18.9. The van der Waals surface area contributed by atoms with Crippen molar-refractivity contribution in [3.8, 4) is 0 Å². The number of likely N-dealkylation sites (N-methyl/N-ethyl adjacent to an activating group) is 1. The van der Waals surface area contributed by atoms with E-state index in [4.69, 9.17) is 0 Å². The average molecular weight is 388 g/mol. The Bertz CT molecular complexity index is 878. The molecule has 1 amide bonds. The molecule has 0 radical (unpaired) electrons. The van der Waals surface area contributed by atoms with Crippen LogP contribution in [0, 0.1) is 0 Å². The summed E-state index contributed by atoms with van der Waals surface area (Å²) in [7, 11) is -1.97. The topological polar surface area (TPSA) is 70.6 Å². The minimum absolute atomic E-state index is 0.0987. The standard InChI is InChI=1S/C20H25N3O3S/c1-22(16-12-17-9-5-6-13-21-17)20(24)18-10-3-4-11-19(18)27(25,26)23-14-7-2-8-15-23/h3-6,9-11,13H,2,7-8,12,14-16H2,1H3. The first kappa shape index (κ1) is 19.5. The Labute approximate surface area is 160 Å². The van der Waals surface area contributed by atoms with Crippen LogP contribution in [0.1, 0.15) is 35.3 Å². The molecule has 3 rings (SSSR count). The van der Waals surface area contributed by atoms with Crippen LogP contribution in [0.2, 0.25) is 0 Å². The Morgan fingerprint density at radius 1 is 1.07 bits per heavy atom. The zero-order chi connectivity index (χ0) is 19.3. The first-order chi connectivity index (χ1) is 13.0. The maximum Gasteiger partial charge on any atom is 0.254 e. The second-order valence-electron chi connectivity index (χ2n) is 6.76. The van der Waals surface area contributed by atoms with Crippen LogP contribution >= 0.6 is 0 Å². The summed E-state index contributed by atoms with van der Waals surface area (Å²) in [5.74, 6) is -0.290. The van der Waals surface area contributed by atoms with Gasteiger partial charge in [-0.3, -0.25) is 9.78 Å². The molecule has 1 fully saturated rings. The zero-order valence-corrected chi connectivity index (χ0v) is 16.4. The van der Waals surface area contributed by atoms with E-state index in [1.165, 1.54) is 10.4 Å². The lowest BCUT2D eigenvalue weighted by Gasteiger charge is -2.27. The summed E-state index contributed by atoms with van der Waals surface area (Å²) in [6.07, 6.45) is 5.10. The Hall–Kier alpha value is -2.25. The highest BCUT2D eigenvalue weighted by Gasteiger charge is 2.30. The summed E-state index contributed by atoms with van der Waals surface area (Å²) < 4.78 is 27.6. The Kier molecular flexibility index (Phi) is 6.23. The van der Waals surface area contributed by atoms with Crippen LogP contribution in [0.3, 0.4) is 0 Å². The monoisotopic (exact) mass is 387 g/mol. The highest BCUT2D eigenvalue weighted by molar-refractivity contribution is 7.89. The van der Waals surface area contributed by atoms with Crippen LogP contribution < -0.4 is 0 Å². The molecule has 6 nitrogen and oxygen atoms in total. The van der Waals surface area contributed by atoms with Crippen molar-refractivity contribution < 1.29 is 13.2 Å². The lowest BCUT2D eigenvalue weighted by atomic mass is 10.2. The fourth-order valence-corrected chi connectivity index (χ4v) is 4.95. The van der Waals surface area contributed by atoms with Crippen molar-refractivity contribution in [2.24, 2.45) is 0 Å². The van der Waals surface area contributed by atoms with E-state index in [9.17, 15) is 13.2 Å². The molecular formula is C20H25N3O3S. The number of hydrogen-bond acceptors (Lipinski definition) is 4. The number of piperidine rings is 1. The van der Waals surface area contributed by atoms with Gasteiger partial charge < -0.3 is 4.90 Å². The molecule has 0 atom stereocenters.